The topological polar surface area (TPSA) is 40.5 Å². The second-order valence-electron chi connectivity index (χ2n) is 6.00. The zero-order valence-electron chi connectivity index (χ0n) is 11.6. The maximum absolute atomic E-state index is 12.6. The van der Waals surface area contributed by atoms with Gasteiger partial charge in [0.05, 0.1) is 12.1 Å². The summed E-state index contributed by atoms with van der Waals surface area (Å²) < 4.78 is 0. The van der Waals surface area contributed by atoms with E-state index in [2.05, 4.69) is 4.90 Å². The molecule has 0 radical (unpaired) electrons. The minimum Gasteiger partial charge on any atom is -0.393 e. The predicted octanol–water partition coefficient (Wildman–Crippen LogP) is 2.90. The summed E-state index contributed by atoms with van der Waals surface area (Å²) in [5.74, 6) is 0.148. The molecule has 1 aromatic rings. The molecule has 3 atom stereocenters. The lowest BCUT2D eigenvalue weighted by molar-refractivity contribution is 0.0155. The summed E-state index contributed by atoms with van der Waals surface area (Å²) in [5, 5.41) is 10.5. The van der Waals surface area contributed by atoms with Crippen LogP contribution in [0.3, 0.4) is 0 Å². The molecule has 0 saturated carbocycles. The highest BCUT2D eigenvalue weighted by Gasteiger charge is 2.43. The molecular formula is C16H20ClNO2. The van der Waals surface area contributed by atoms with Gasteiger partial charge in [-0.2, -0.15) is 0 Å². The Bertz CT molecular complexity index is 488. The number of carbonyl (C=O) groups is 1. The minimum absolute atomic E-state index is 0.124. The first kappa shape index (κ1) is 14.1. The third-order valence-corrected chi connectivity index (χ3v) is 4.97. The van der Waals surface area contributed by atoms with Gasteiger partial charge in [0.2, 0.25) is 0 Å². The Labute approximate surface area is 124 Å². The largest absolute Gasteiger partial charge is 0.393 e. The molecule has 2 aliphatic rings. The van der Waals surface area contributed by atoms with Crippen LogP contribution < -0.4 is 0 Å². The lowest BCUT2D eigenvalue weighted by Crippen LogP contribution is -2.51. The fourth-order valence-corrected chi connectivity index (χ4v) is 3.93. The molecule has 0 spiro atoms. The first-order valence-electron chi connectivity index (χ1n) is 7.31. The number of aliphatic hydroxyl groups is 1. The fourth-order valence-electron chi connectivity index (χ4n) is 3.81. The van der Waals surface area contributed by atoms with Crippen molar-refractivity contribution in [1.29, 1.82) is 0 Å². The SMILES string of the molecule is CC(C(=O)c1ccc(Cl)cc1)N1C2CCC1CC(O)C2. The first-order chi connectivity index (χ1) is 9.56. The summed E-state index contributed by atoms with van der Waals surface area (Å²) >= 11 is 5.87. The molecule has 4 heteroatoms. The van der Waals surface area contributed by atoms with Crippen molar-refractivity contribution in [3.63, 3.8) is 0 Å². The molecule has 0 aromatic heterocycles. The molecule has 0 amide bonds. The number of halogens is 1. The van der Waals surface area contributed by atoms with Gasteiger partial charge in [0.15, 0.2) is 5.78 Å². The van der Waals surface area contributed by atoms with Crippen LogP contribution in [0.5, 0.6) is 0 Å². The maximum atomic E-state index is 12.6. The van der Waals surface area contributed by atoms with Crippen LogP contribution in [0.15, 0.2) is 24.3 Å². The van der Waals surface area contributed by atoms with Crippen LogP contribution in [0.25, 0.3) is 0 Å². The van der Waals surface area contributed by atoms with E-state index >= 15 is 0 Å². The fraction of sp³-hybridized carbons (Fsp3) is 0.562. The minimum atomic E-state index is -0.193. The van der Waals surface area contributed by atoms with Crippen molar-refractivity contribution in [2.24, 2.45) is 0 Å². The Kier molecular flexibility index (Phi) is 3.85. The van der Waals surface area contributed by atoms with Gasteiger partial charge in [0, 0.05) is 22.7 Å². The number of benzene rings is 1. The monoisotopic (exact) mass is 293 g/mol. The van der Waals surface area contributed by atoms with Crippen LogP contribution in [-0.2, 0) is 0 Å². The highest BCUT2D eigenvalue weighted by Crippen LogP contribution is 2.37. The molecule has 1 N–H and O–H groups in total. The third-order valence-electron chi connectivity index (χ3n) is 4.72. The average Bonchev–Trinajstić information content (AvgIpc) is 2.70. The lowest BCUT2D eigenvalue weighted by atomic mass is 9.95. The van der Waals surface area contributed by atoms with Crippen LogP contribution in [0.4, 0.5) is 0 Å². The molecule has 2 fully saturated rings. The molecule has 3 unspecified atom stereocenters. The van der Waals surface area contributed by atoms with Gasteiger partial charge in [-0.05, 0) is 56.9 Å². The molecule has 2 heterocycles. The Balaban J connectivity index is 1.77. The van der Waals surface area contributed by atoms with Gasteiger partial charge in [-0.25, -0.2) is 0 Å². The van der Waals surface area contributed by atoms with E-state index in [-0.39, 0.29) is 17.9 Å². The van der Waals surface area contributed by atoms with Crippen molar-refractivity contribution in [2.45, 2.75) is 56.8 Å². The number of piperidine rings is 1. The maximum Gasteiger partial charge on any atom is 0.179 e. The standard InChI is InChI=1S/C16H20ClNO2/c1-10(16(20)11-2-4-12(17)5-3-11)18-13-6-7-14(18)9-15(19)8-13/h2-5,10,13-15,19H,6-9H2,1H3. The summed E-state index contributed by atoms with van der Waals surface area (Å²) in [7, 11) is 0. The van der Waals surface area contributed by atoms with E-state index in [0.29, 0.717) is 22.7 Å². The molecule has 2 bridgehead atoms. The van der Waals surface area contributed by atoms with E-state index in [9.17, 15) is 9.90 Å². The lowest BCUT2D eigenvalue weighted by Gasteiger charge is -2.40. The number of hydrogen-bond acceptors (Lipinski definition) is 3. The average molecular weight is 294 g/mol. The number of aliphatic hydroxyl groups excluding tert-OH is 1. The molecule has 0 aliphatic carbocycles. The van der Waals surface area contributed by atoms with Crippen molar-refractivity contribution >= 4 is 17.4 Å². The van der Waals surface area contributed by atoms with Gasteiger partial charge < -0.3 is 5.11 Å². The highest BCUT2D eigenvalue weighted by molar-refractivity contribution is 6.30. The third kappa shape index (κ3) is 2.50. The number of carbonyl (C=O) groups excluding carboxylic acids is 1. The van der Waals surface area contributed by atoms with Gasteiger partial charge in [-0.15, -0.1) is 0 Å². The number of rotatable bonds is 3. The molecule has 2 aliphatic heterocycles. The van der Waals surface area contributed by atoms with Gasteiger partial charge >= 0.3 is 0 Å². The van der Waals surface area contributed by atoms with Gasteiger partial charge in [-0.3, -0.25) is 9.69 Å². The first-order valence-corrected chi connectivity index (χ1v) is 7.69. The van der Waals surface area contributed by atoms with Crippen LogP contribution in [0.1, 0.15) is 43.0 Å². The van der Waals surface area contributed by atoms with Crippen molar-refractivity contribution in [3.8, 4) is 0 Å². The molecule has 108 valence electrons. The zero-order chi connectivity index (χ0) is 14.3. The molecule has 20 heavy (non-hydrogen) atoms. The number of Topliss-reactive ketones (excluding diaryl/α,β-unsaturated/α-hetero) is 1. The van der Waals surface area contributed by atoms with E-state index in [0.717, 1.165) is 25.7 Å². The number of fused-ring (bicyclic) bond motifs is 2. The Hall–Kier alpha value is -0.900. The van der Waals surface area contributed by atoms with Gasteiger partial charge in [0.25, 0.3) is 0 Å². The summed E-state index contributed by atoms with van der Waals surface area (Å²) in [4.78, 5) is 14.9. The molecule has 2 saturated heterocycles. The molecule has 3 rings (SSSR count). The number of ketones is 1. The Morgan fingerprint density at radius 2 is 1.80 bits per heavy atom. The number of hydrogen-bond donors (Lipinski definition) is 1. The van der Waals surface area contributed by atoms with Crippen LogP contribution in [-0.4, -0.2) is 40.0 Å². The van der Waals surface area contributed by atoms with Gasteiger partial charge in [-0.1, -0.05) is 11.6 Å². The van der Waals surface area contributed by atoms with Crippen molar-refractivity contribution in [3.05, 3.63) is 34.9 Å². The van der Waals surface area contributed by atoms with Crippen molar-refractivity contribution in [1.82, 2.24) is 4.90 Å². The molecule has 3 nitrogen and oxygen atoms in total. The number of nitrogens with zero attached hydrogens (tertiary/aromatic N) is 1. The van der Waals surface area contributed by atoms with Crippen molar-refractivity contribution in [2.75, 3.05) is 0 Å². The predicted molar refractivity (Wildman–Crippen MR) is 79.1 cm³/mol. The van der Waals surface area contributed by atoms with E-state index < -0.39 is 0 Å². The summed E-state index contributed by atoms with van der Waals surface area (Å²) in [6.45, 7) is 1.99. The van der Waals surface area contributed by atoms with E-state index in [4.69, 9.17) is 11.6 Å². The van der Waals surface area contributed by atoms with Crippen LogP contribution >= 0.6 is 11.6 Å². The summed E-state index contributed by atoms with van der Waals surface area (Å²) in [6.07, 6.45) is 3.60. The van der Waals surface area contributed by atoms with E-state index in [1.807, 2.05) is 6.92 Å². The highest BCUT2D eigenvalue weighted by atomic mass is 35.5. The molecule has 1 aromatic carbocycles. The smallest absolute Gasteiger partial charge is 0.179 e. The Morgan fingerprint density at radius 1 is 1.25 bits per heavy atom. The second-order valence-corrected chi connectivity index (χ2v) is 6.44. The summed E-state index contributed by atoms with van der Waals surface area (Å²) in [6, 6.07) is 7.70. The normalized spacial score (nSPS) is 31.2. The van der Waals surface area contributed by atoms with Crippen LogP contribution in [0, 0.1) is 0 Å². The molecular weight excluding hydrogens is 274 g/mol. The zero-order valence-corrected chi connectivity index (χ0v) is 12.4. The van der Waals surface area contributed by atoms with Gasteiger partial charge in [0.1, 0.15) is 0 Å². The van der Waals surface area contributed by atoms with Crippen LogP contribution in [0.2, 0.25) is 5.02 Å². The van der Waals surface area contributed by atoms with E-state index in [1.165, 1.54) is 0 Å². The van der Waals surface area contributed by atoms with E-state index in [1.54, 1.807) is 24.3 Å². The summed E-state index contributed by atoms with van der Waals surface area (Å²) in [5.41, 5.74) is 0.715. The Morgan fingerprint density at radius 3 is 2.35 bits per heavy atom. The second kappa shape index (κ2) is 5.47. The van der Waals surface area contributed by atoms with Crippen molar-refractivity contribution < 1.29 is 9.90 Å². The quantitative estimate of drug-likeness (QED) is 0.871.